The summed E-state index contributed by atoms with van der Waals surface area (Å²) in [5, 5.41) is 7.27. The van der Waals surface area contributed by atoms with Crippen molar-refractivity contribution >= 4 is 5.91 Å². The zero-order valence-corrected chi connectivity index (χ0v) is 20.6. The highest BCUT2D eigenvalue weighted by Crippen LogP contribution is 2.21. The Morgan fingerprint density at radius 3 is 2.29 bits per heavy atom. The first-order valence-corrected chi connectivity index (χ1v) is 12.8. The normalized spacial score (nSPS) is 17.6. The number of aryl methyl sites for hydroxylation is 1. The minimum atomic E-state index is 0.0616. The molecule has 0 bridgehead atoms. The number of hydrogen-bond acceptors (Lipinski definition) is 6. The lowest BCUT2D eigenvalue weighted by atomic mass is 9.96. The highest BCUT2D eigenvalue weighted by molar-refractivity contribution is 5.78. The van der Waals surface area contributed by atoms with Crippen LogP contribution in [-0.4, -0.2) is 52.0 Å². The van der Waals surface area contributed by atoms with E-state index in [9.17, 15) is 4.79 Å². The van der Waals surface area contributed by atoms with E-state index in [1.165, 1.54) is 37.1 Å². The second kappa shape index (κ2) is 11.1. The van der Waals surface area contributed by atoms with Crippen LogP contribution in [0.25, 0.3) is 11.4 Å². The van der Waals surface area contributed by atoms with E-state index in [-0.39, 0.29) is 11.8 Å². The smallest absolute Gasteiger partial charge is 0.241 e. The fraction of sp³-hybridized carbons (Fsp3) is 0.464. The van der Waals surface area contributed by atoms with Crippen LogP contribution in [0.5, 0.6) is 0 Å². The maximum Gasteiger partial charge on any atom is 0.241 e. The van der Waals surface area contributed by atoms with Gasteiger partial charge in [-0.15, -0.1) is 0 Å². The summed E-state index contributed by atoms with van der Waals surface area (Å²) in [6.07, 6.45) is 4.32. The van der Waals surface area contributed by atoms with E-state index in [0.29, 0.717) is 24.8 Å². The maximum atomic E-state index is 12.7. The van der Waals surface area contributed by atoms with Crippen LogP contribution < -0.4 is 5.32 Å². The Bertz CT molecular complexity index is 1100. The van der Waals surface area contributed by atoms with Gasteiger partial charge in [-0.25, -0.2) is 0 Å². The van der Waals surface area contributed by atoms with E-state index in [1.54, 1.807) is 0 Å². The lowest BCUT2D eigenvalue weighted by molar-refractivity contribution is -0.126. The molecule has 2 saturated heterocycles. The number of benzene rings is 2. The molecule has 184 valence electrons. The van der Waals surface area contributed by atoms with Gasteiger partial charge in [-0.05, 0) is 69.9 Å². The van der Waals surface area contributed by atoms with Crippen molar-refractivity contribution in [1.29, 1.82) is 0 Å². The second-order valence-corrected chi connectivity index (χ2v) is 9.95. The average molecular weight is 474 g/mol. The number of aromatic nitrogens is 2. The van der Waals surface area contributed by atoms with Gasteiger partial charge in [0.1, 0.15) is 0 Å². The van der Waals surface area contributed by atoms with Crippen molar-refractivity contribution < 1.29 is 9.32 Å². The van der Waals surface area contributed by atoms with Gasteiger partial charge in [-0.1, -0.05) is 59.3 Å². The summed E-state index contributed by atoms with van der Waals surface area (Å²) in [6, 6.07) is 16.8. The predicted molar refractivity (Wildman–Crippen MR) is 135 cm³/mol. The summed E-state index contributed by atoms with van der Waals surface area (Å²) in [5.74, 6) is 1.46. The summed E-state index contributed by atoms with van der Waals surface area (Å²) >= 11 is 0. The van der Waals surface area contributed by atoms with Crippen molar-refractivity contribution in [2.75, 3.05) is 26.2 Å². The van der Waals surface area contributed by atoms with Gasteiger partial charge in [0.15, 0.2) is 0 Å². The lowest BCUT2D eigenvalue weighted by Gasteiger charge is -2.30. The number of hydrogen-bond donors (Lipinski definition) is 1. The molecule has 0 aliphatic carbocycles. The number of piperidine rings is 1. The second-order valence-electron chi connectivity index (χ2n) is 9.95. The zero-order valence-electron chi connectivity index (χ0n) is 20.6. The molecule has 1 aromatic heterocycles. The molecule has 3 aromatic rings. The molecule has 0 radical (unpaired) electrons. The molecule has 0 saturated carbocycles. The molecular formula is C28H35N5O2. The van der Waals surface area contributed by atoms with Gasteiger partial charge in [-0.3, -0.25) is 14.6 Å². The van der Waals surface area contributed by atoms with Crippen molar-refractivity contribution in [2.45, 2.75) is 52.2 Å². The van der Waals surface area contributed by atoms with Crippen molar-refractivity contribution in [1.82, 2.24) is 25.3 Å². The van der Waals surface area contributed by atoms with Gasteiger partial charge in [0.05, 0.1) is 6.54 Å². The summed E-state index contributed by atoms with van der Waals surface area (Å²) < 4.78 is 5.47. The summed E-state index contributed by atoms with van der Waals surface area (Å²) in [6.45, 7) is 8.42. The quantitative estimate of drug-likeness (QED) is 0.529. The molecule has 35 heavy (non-hydrogen) atoms. The van der Waals surface area contributed by atoms with E-state index in [1.807, 2.05) is 24.3 Å². The van der Waals surface area contributed by atoms with Crippen molar-refractivity contribution in [2.24, 2.45) is 5.92 Å². The molecule has 7 heteroatoms. The molecule has 2 aromatic carbocycles. The monoisotopic (exact) mass is 473 g/mol. The average Bonchev–Trinajstić information content (AvgIpc) is 3.57. The van der Waals surface area contributed by atoms with E-state index in [0.717, 1.165) is 43.6 Å². The first kappa shape index (κ1) is 23.7. The van der Waals surface area contributed by atoms with Crippen LogP contribution in [0.4, 0.5) is 0 Å². The number of nitrogens with one attached hydrogen (secondary N) is 1. The minimum Gasteiger partial charge on any atom is -0.352 e. The molecule has 0 spiro atoms. The fourth-order valence-electron chi connectivity index (χ4n) is 4.98. The third-order valence-electron chi connectivity index (χ3n) is 7.19. The summed E-state index contributed by atoms with van der Waals surface area (Å²) in [5.41, 5.74) is 4.67. The first-order chi connectivity index (χ1) is 17.1. The van der Waals surface area contributed by atoms with Crippen LogP contribution in [0.2, 0.25) is 0 Å². The molecule has 0 atom stereocenters. The van der Waals surface area contributed by atoms with Gasteiger partial charge in [0, 0.05) is 24.6 Å². The SMILES string of the molecule is Cc1ccc(-c2noc(CN3CCC(C(=O)NCc4ccc(CN5CCCC5)cc4)CC3)n2)cc1. The van der Waals surface area contributed by atoms with E-state index < -0.39 is 0 Å². The van der Waals surface area contributed by atoms with Gasteiger partial charge in [-0.2, -0.15) is 4.98 Å². The van der Waals surface area contributed by atoms with Crippen LogP contribution in [0.3, 0.4) is 0 Å². The number of carbonyl (C=O) groups excluding carboxylic acids is 1. The number of amides is 1. The number of carbonyl (C=O) groups is 1. The Labute approximate surface area is 207 Å². The van der Waals surface area contributed by atoms with Gasteiger partial charge < -0.3 is 9.84 Å². The topological polar surface area (TPSA) is 74.5 Å². The van der Waals surface area contributed by atoms with Crippen LogP contribution in [0, 0.1) is 12.8 Å². The Morgan fingerprint density at radius 2 is 1.57 bits per heavy atom. The molecule has 3 heterocycles. The lowest BCUT2D eigenvalue weighted by Crippen LogP contribution is -2.40. The third kappa shape index (κ3) is 6.35. The standard InChI is InChI=1S/C28H35N5O2/c1-21-4-10-24(11-5-21)27-30-26(35-31-27)20-33-16-12-25(13-17-33)28(34)29-18-22-6-8-23(9-7-22)19-32-14-2-3-15-32/h4-11,25H,2-3,12-20H2,1H3,(H,29,34). The Balaban J connectivity index is 1.04. The number of likely N-dealkylation sites (tertiary alicyclic amines) is 2. The van der Waals surface area contributed by atoms with Crippen molar-refractivity contribution in [3.05, 3.63) is 71.1 Å². The molecule has 2 aliphatic heterocycles. The molecule has 2 aliphatic rings. The fourth-order valence-corrected chi connectivity index (χ4v) is 4.98. The Kier molecular flexibility index (Phi) is 7.54. The summed E-state index contributed by atoms with van der Waals surface area (Å²) in [4.78, 5) is 22.1. The first-order valence-electron chi connectivity index (χ1n) is 12.8. The molecule has 5 rings (SSSR count). The van der Waals surface area contributed by atoms with Crippen molar-refractivity contribution in [3.63, 3.8) is 0 Å². The van der Waals surface area contributed by atoms with Crippen LogP contribution in [-0.2, 0) is 24.4 Å². The molecule has 7 nitrogen and oxygen atoms in total. The molecule has 0 unspecified atom stereocenters. The predicted octanol–water partition coefficient (Wildman–Crippen LogP) is 4.17. The van der Waals surface area contributed by atoms with Crippen molar-refractivity contribution in [3.8, 4) is 11.4 Å². The molecular weight excluding hydrogens is 438 g/mol. The Morgan fingerprint density at radius 1 is 0.914 bits per heavy atom. The highest BCUT2D eigenvalue weighted by Gasteiger charge is 2.26. The highest BCUT2D eigenvalue weighted by atomic mass is 16.5. The third-order valence-corrected chi connectivity index (χ3v) is 7.19. The zero-order chi connectivity index (χ0) is 24.0. The summed E-state index contributed by atoms with van der Waals surface area (Å²) in [7, 11) is 0. The van der Waals surface area contributed by atoms with E-state index >= 15 is 0 Å². The molecule has 1 N–H and O–H groups in total. The van der Waals surface area contributed by atoms with E-state index in [2.05, 4.69) is 56.4 Å². The van der Waals surface area contributed by atoms with Gasteiger partial charge in [0.2, 0.25) is 17.6 Å². The Hall–Kier alpha value is -3.03. The molecule has 1 amide bonds. The largest absolute Gasteiger partial charge is 0.352 e. The number of rotatable bonds is 8. The van der Waals surface area contributed by atoms with E-state index in [4.69, 9.17) is 4.52 Å². The minimum absolute atomic E-state index is 0.0616. The van der Waals surface area contributed by atoms with Gasteiger partial charge >= 0.3 is 0 Å². The molecule has 2 fully saturated rings. The van der Waals surface area contributed by atoms with Gasteiger partial charge in [0.25, 0.3) is 0 Å². The van der Waals surface area contributed by atoms with Crippen LogP contribution in [0.15, 0.2) is 53.1 Å². The van der Waals surface area contributed by atoms with Crippen LogP contribution in [0.1, 0.15) is 48.3 Å². The maximum absolute atomic E-state index is 12.7. The number of nitrogens with zero attached hydrogens (tertiary/aromatic N) is 4. The van der Waals surface area contributed by atoms with Crippen LogP contribution >= 0.6 is 0 Å².